The maximum atomic E-state index is 14.9. The van der Waals surface area contributed by atoms with Gasteiger partial charge in [-0.3, -0.25) is 33.8 Å². The van der Waals surface area contributed by atoms with E-state index in [1.165, 1.54) is 18.2 Å². The lowest BCUT2D eigenvalue weighted by Gasteiger charge is -2.38. The summed E-state index contributed by atoms with van der Waals surface area (Å²) >= 11 is 6.25. The fraction of sp³-hybridized carbons (Fsp3) is 0.506. The van der Waals surface area contributed by atoms with Crippen LogP contribution in [0.25, 0.3) is 0 Å². The van der Waals surface area contributed by atoms with Crippen molar-refractivity contribution >= 4 is 72.2 Å². The standard InChI is InChI=1S/C41H56FNO6S.C39H50FNO5S.CH4.ClH/c1-3-4-5-6-7-8-9-10-11-12-13-14-15-16-17-18-19-23-39(44)48-31-49-40(45)28-34-29-43(27-26-38(34)50-32-47-2)30-36-35(21-20-22-37(36)42)41(46)33-24-25-33;1-2-3-4-5-6-7-8-9-10-11-12-13-14-15-16-17-18-22-37(42)45-30-46-38(43)27-32-28-41(26-25-36(32)47)29-34-33(20-19-21-35(34)40)39(44)31-23-24-31;;/h4-5,7-8,10-11,13-14,16-17,20-22,33-34,38H,3,6,9,12,15,18-19,23-32H2,1-2H3;3-4,6-7,9-10,12-13,15-16,19-21,27,31,36,47H,2,5,8,11,14,17-18,22-26,28-30H2,1H3;1H4;1H/b5-4-,8-7-,11-10-,14-13-,17-16-;4-3-,7-6-,10-9-,13-12-,16-15-,32-27-;;. The van der Waals surface area contributed by atoms with E-state index >= 15 is 0 Å². The van der Waals surface area contributed by atoms with Crippen molar-refractivity contribution in [3.05, 3.63) is 203 Å². The predicted molar refractivity (Wildman–Crippen MR) is 404 cm³/mol. The van der Waals surface area contributed by atoms with E-state index in [-0.39, 0.29) is 91.3 Å². The number of carbonyl (C=O) groups is 6. The highest BCUT2D eigenvalue weighted by atomic mass is 35.5. The Morgan fingerprint density at radius 3 is 1.37 bits per heavy atom. The molecular formula is C81H111ClF2N2O11S2. The average Bonchev–Trinajstić information content (AvgIpc) is 1.80. The van der Waals surface area contributed by atoms with Gasteiger partial charge in [-0.25, -0.2) is 13.6 Å². The molecule has 0 radical (unpaired) electrons. The molecule has 2 heterocycles. The molecule has 2 aromatic carbocycles. The lowest BCUT2D eigenvalue weighted by Crippen LogP contribution is -2.43. The third kappa shape index (κ3) is 37.7. The molecule has 0 aromatic heterocycles. The van der Waals surface area contributed by atoms with Crippen LogP contribution < -0.4 is 0 Å². The summed E-state index contributed by atoms with van der Waals surface area (Å²) in [5.41, 5.74) is 2.49. The maximum absolute atomic E-state index is 14.9. The van der Waals surface area contributed by atoms with Crippen LogP contribution in [0.2, 0.25) is 0 Å². The highest BCUT2D eigenvalue weighted by Gasteiger charge is 2.36. The smallest absolute Gasteiger partial charge is 0.333 e. The second-order valence-corrected chi connectivity index (χ2v) is 26.4. The fourth-order valence-electron chi connectivity index (χ4n) is 10.9. The van der Waals surface area contributed by atoms with Gasteiger partial charge in [0.25, 0.3) is 0 Å². The number of halogens is 3. The molecule has 3 atom stereocenters. The van der Waals surface area contributed by atoms with Crippen LogP contribution >= 0.6 is 36.8 Å². The summed E-state index contributed by atoms with van der Waals surface area (Å²) in [4.78, 5) is 79.1. The van der Waals surface area contributed by atoms with Crippen molar-refractivity contribution in [1.29, 1.82) is 0 Å². The molecule has 2 aliphatic heterocycles. The van der Waals surface area contributed by atoms with Gasteiger partial charge >= 0.3 is 23.9 Å². The predicted octanol–water partition coefficient (Wildman–Crippen LogP) is 19.2. The number of thiol groups is 1. The van der Waals surface area contributed by atoms with Crippen LogP contribution in [-0.4, -0.2) is 109 Å². The lowest BCUT2D eigenvalue weighted by molar-refractivity contribution is -0.168. The van der Waals surface area contributed by atoms with Crippen LogP contribution in [0.3, 0.4) is 0 Å². The summed E-state index contributed by atoms with van der Waals surface area (Å²) in [6.07, 6.45) is 62.3. The molecule has 0 amide bonds. The SMILES string of the molecule is C.CC/C=C\C/C=C\C/C=C\C/C=C\C/C=C\CCCC(=O)OCOC(=O)/C=C1/CN(Cc2c(F)cccc2C(=O)C2CC2)CCC1S.CC/C=C\C/C=C\C/C=C\C/C=C\C/C=C\CCCC(=O)OCOC(=O)CC1CN(Cc2c(F)cccc2C(=O)C2CC2)CCC1SCOC.Cl. The van der Waals surface area contributed by atoms with Gasteiger partial charge in [0.15, 0.2) is 11.6 Å². The number of rotatable bonds is 44. The first kappa shape index (κ1) is 86.8. The molecule has 0 N–H and O–H groups in total. The molecule has 99 heavy (non-hydrogen) atoms. The topological polar surface area (TPSA) is 155 Å². The van der Waals surface area contributed by atoms with E-state index in [4.69, 9.17) is 23.7 Å². The normalized spacial score (nSPS) is 18.2. The zero-order valence-electron chi connectivity index (χ0n) is 58.0. The number of ether oxygens (including phenoxy) is 5. The summed E-state index contributed by atoms with van der Waals surface area (Å²) in [7, 11) is 1.64. The molecule has 4 aliphatic rings. The van der Waals surface area contributed by atoms with Gasteiger partial charge in [0.2, 0.25) is 13.6 Å². The number of thioether (sulfide) groups is 1. The van der Waals surface area contributed by atoms with Crippen LogP contribution in [0, 0.1) is 29.4 Å². The molecular weight excluding hydrogens is 1310 g/mol. The minimum absolute atomic E-state index is 0. The van der Waals surface area contributed by atoms with E-state index in [0.717, 1.165) is 121 Å². The number of allylic oxidation sites excluding steroid dienone is 20. The van der Waals surface area contributed by atoms with Gasteiger partial charge < -0.3 is 23.7 Å². The molecule has 0 bridgehead atoms. The van der Waals surface area contributed by atoms with E-state index in [1.54, 1.807) is 43.1 Å². The van der Waals surface area contributed by atoms with Gasteiger partial charge in [0.1, 0.15) is 11.6 Å². The molecule has 2 saturated heterocycles. The number of Topliss-reactive ketones (excluding diaryl/α,β-unsaturated/α-hetero) is 2. The summed E-state index contributed by atoms with van der Waals surface area (Å²) in [6, 6.07) is 9.38. The number of likely N-dealkylation sites (tertiary alicyclic amines) is 2. The Kier molecular flexibility index (Phi) is 46.8. The summed E-state index contributed by atoms with van der Waals surface area (Å²) in [5.74, 6) is -2.18. The van der Waals surface area contributed by atoms with Crippen molar-refractivity contribution in [3.8, 4) is 0 Å². The minimum atomic E-state index is -0.622. The van der Waals surface area contributed by atoms with Crippen LogP contribution in [0.1, 0.15) is 201 Å². The number of unbranched alkanes of at least 4 members (excludes halogenated alkanes) is 2. The Bertz CT molecular complexity index is 3090. The van der Waals surface area contributed by atoms with Gasteiger partial charge in [-0.2, -0.15) is 12.6 Å². The number of hydrogen-bond donors (Lipinski definition) is 1. The van der Waals surface area contributed by atoms with Crippen molar-refractivity contribution in [2.45, 2.75) is 193 Å². The van der Waals surface area contributed by atoms with Crippen molar-refractivity contribution in [2.75, 3.05) is 52.8 Å². The van der Waals surface area contributed by atoms with Crippen LogP contribution in [0.5, 0.6) is 0 Å². The molecule has 3 unspecified atom stereocenters. The molecule has 544 valence electrons. The molecule has 18 heteroatoms. The minimum Gasteiger partial charge on any atom is -0.428 e. The third-order valence-electron chi connectivity index (χ3n) is 16.5. The van der Waals surface area contributed by atoms with Gasteiger partial charge in [-0.05, 0) is 159 Å². The van der Waals surface area contributed by atoms with Crippen molar-refractivity contribution < 1.29 is 61.2 Å². The Labute approximate surface area is 606 Å². The second kappa shape index (κ2) is 53.4. The first-order valence-electron chi connectivity index (χ1n) is 35.0. The Morgan fingerprint density at radius 2 is 0.939 bits per heavy atom. The first-order valence-corrected chi connectivity index (χ1v) is 36.6. The van der Waals surface area contributed by atoms with Gasteiger partial charge in [0, 0.05) is 103 Å². The van der Waals surface area contributed by atoms with Gasteiger partial charge in [-0.15, -0.1) is 24.2 Å². The maximum Gasteiger partial charge on any atom is 0.333 e. The molecule has 0 spiro atoms. The lowest BCUT2D eigenvalue weighted by atomic mass is 9.93. The summed E-state index contributed by atoms with van der Waals surface area (Å²) < 4.78 is 55.6. The van der Waals surface area contributed by atoms with Crippen molar-refractivity contribution in [2.24, 2.45) is 17.8 Å². The highest BCUT2D eigenvalue weighted by Crippen LogP contribution is 2.37. The highest BCUT2D eigenvalue weighted by molar-refractivity contribution is 7.99. The Hall–Kier alpha value is -6.47. The molecule has 13 nitrogen and oxygen atoms in total. The number of carbonyl (C=O) groups excluding carboxylic acids is 6. The zero-order chi connectivity index (χ0) is 69.5. The Balaban J connectivity index is 0.000000506. The number of methoxy groups -OCH3 is 1. The van der Waals surface area contributed by atoms with Crippen LogP contribution in [0.15, 0.2) is 170 Å². The summed E-state index contributed by atoms with van der Waals surface area (Å²) in [5, 5.41) is 0.0101. The second-order valence-electron chi connectivity index (χ2n) is 24.6. The van der Waals surface area contributed by atoms with Gasteiger partial charge in [-0.1, -0.05) is 167 Å². The van der Waals surface area contributed by atoms with Crippen molar-refractivity contribution in [1.82, 2.24) is 9.80 Å². The molecule has 2 saturated carbocycles. The Morgan fingerprint density at radius 1 is 0.535 bits per heavy atom. The number of hydrogen-bond acceptors (Lipinski definition) is 15. The van der Waals surface area contributed by atoms with E-state index in [0.29, 0.717) is 73.6 Å². The molecule has 6 rings (SSSR count). The van der Waals surface area contributed by atoms with Crippen LogP contribution in [-0.2, 0) is 56.0 Å². The van der Waals surface area contributed by atoms with Crippen LogP contribution in [0.4, 0.5) is 8.78 Å². The fourth-order valence-corrected chi connectivity index (χ4v) is 12.2. The third-order valence-corrected chi connectivity index (χ3v) is 18.6. The number of esters is 4. The molecule has 2 aromatic rings. The van der Waals surface area contributed by atoms with E-state index in [2.05, 4.69) is 153 Å². The summed E-state index contributed by atoms with van der Waals surface area (Å²) in [6.45, 7) is 6.31. The van der Waals surface area contributed by atoms with Crippen molar-refractivity contribution in [3.63, 3.8) is 0 Å². The average molecular weight is 1430 g/mol. The molecule has 2 aliphatic carbocycles. The zero-order valence-corrected chi connectivity index (χ0v) is 60.5. The monoisotopic (exact) mass is 1420 g/mol. The molecule has 4 fully saturated rings. The quantitative estimate of drug-likeness (QED) is 0.0127. The van der Waals surface area contributed by atoms with Gasteiger partial charge in [0.05, 0.1) is 12.4 Å². The number of nitrogens with zero attached hydrogens (tertiary/aromatic N) is 2. The number of benzene rings is 2. The largest absolute Gasteiger partial charge is 0.428 e. The number of piperidine rings is 2. The number of ketones is 2. The van der Waals surface area contributed by atoms with E-state index in [1.807, 2.05) is 4.90 Å². The van der Waals surface area contributed by atoms with E-state index < -0.39 is 43.3 Å². The first-order chi connectivity index (χ1) is 47.3. The van der Waals surface area contributed by atoms with E-state index in [9.17, 15) is 37.5 Å².